The van der Waals surface area contributed by atoms with E-state index in [9.17, 15) is 9.59 Å². The Balaban J connectivity index is 1.67. The van der Waals surface area contributed by atoms with Gasteiger partial charge >= 0.3 is 0 Å². The summed E-state index contributed by atoms with van der Waals surface area (Å²) in [5.41, 5.74) is 0.472. The third-order valence-electron chi connectivity index (χ3n) is 6.78. The fraction of sp³-hybridized carbons (Fsp3) is 0.391. The number of halogens is 1. The maximum absolute atomic E-state index is 13.7. The van der Waals surface area contributed by atoms with E-state index in [1.165, 1.54) is 12.0 Å². The van der Waals surface area contributed by atoms with Crippen LogP contribution in [0.4, 0.5) is 0 Å². The van der Waals surface area contributed by atoms with Crippen LogP contribution in [0, 0.1) is 11.8 Å². The lowest BCUT2D eigenvalue weighted by atomic mass is 9.63. The van der Waals surface area contributed by atoms with Gasteiger partial charge in [-0.2, -0.15) is 0 Å². The average molecular weight is 428 g/mol. The maximum Gasteiger partial charge on any atom is 0.234 e. The first-order valence-electron chi connectivity index (χ1n) is 10.2. The average Bonchev–Trinajstić information content (AvgIpc) is 2.74. The van der Waals surface area contributed by atoms with Crippen LogP contribution in [0.5, 0.6) is 11.5 Å². The van der Waals surface area contributed by atoms with Gasteiger partial charge < -0.3 is 19.7 Å². The lowest BCUT2D eigenvalue weighted by Gasteiger charge is -2.55. The second-order valence-corrected chi connectivity index (χ2v) is 8.94. The molecule has 0 aromatic heterocycles. The van der Waals surface area contributed by atoms with Gasteiger partial charge in [0.1, 0.15) is 17.4 Å². The minimum absolute atomic E-state index is 0.0291. The van der Waals surface area contributed by atoms with Gasteiger partial charge in [0.25, 0.3) is 0 Å². The Hall–Kier alpha value is -2.57. The van der Waals surface area contributed by atoms with Crippen LogP contribution in [-0.2, 0) is 4.79 Å². The third-order valence-corrected chi connectivity index (χ3v) is 7.01. The second kappa shape index (κ2) is 7.00. The number of amides is 1. The van der Waals surface area contributed by atoms with Gasteiger partial charge in [0.2, 0.25) is 5.91 Å². The number of Topliss-reactive ketones (excluding diaryl/α,β-unsaturated/α-hetero) is 1. The molecule has 0 spiro atoms. The summed E-state index contributed by atoms with van der Waals surface area (Å²) in [4.78, 5) is 28.4. The zero-order valence-electron chi connectivity index (χ0n) is 16.9. The first-order chi connectivity index (χ1) is 14.4. The molecule has 156 valence electrons. The highest BCUT2D eigenvalue weighted by Gasteiger charge is 2.63. The Labute approximate surface area is 180 Å². The smallest absolute Gasteiger partial charge is 0.234 e. The molecule has 3 heterocycles. The largest absolute Gasteiger partial charge is 0.496 e. The van der Waals surface area contributed by atoms with E-state index in [-0.39, 0.29) is 23.5 Å². The summed E-state index contributed by atoms with van der Waals surface area (Å²) < 4.78 is 11.8. The molecular weight excluding hydrogens is 404 g/mol. The van der Waals surface area contributed by atoms with Crippen molar-refractivity contribution in [2.45, 2.75) is 18.1 Å². The van der Waals surface area contributed by atoms with Crippen molar-refractivity contribution in [3.63, 3.8) is 0 Å². The zero-order valence-corrected chi connectivity index (χ0v) is 17.7. The molecule has 0 aliphatic carbocycles. The molecule has 2 saturated heterocycles. The minimum Gasteiger partial charge on any atom is -0.496 e. The molecule has 7 heteroatoms. The summed E-state index contributed by atoms with van der Waals surface area (Å²) in [6.07, 6.45) is 0.698. The number of quaternary nitrogens is 1. The molecule has 2 N–H and O–H groups in total. The molecule has 2 aromatic carbocycles. The molecule has 5 rings (SSSR count). The van der Waals surface area contributed by atoms with Crippen LogP contribution in [0.3, 0.4) is 0 Å². The molecule has 2 bridgehead atoms. The molecule has 0 saturated carbocycles. The Kier molecular flexibility index (Phi) is 4.52. The third kappa shape index (κ3) is 2.81. The summed E-state index contributed by atoms with van der Waals surface area (Å²) in [7, 11) is 3.66. The van der Waals surface area contributed by atoms with E-state index in [1.54, 1.807) is 24.3 Å². The van der Waals surface area contributed by atoms with Crippen molar-refractivity contribution in [1.29, 1.82) is 0 Å². The molecule has 1 amide bonds. The fourth-order valence-corrected chi connectivity index (χ4v) is 5.58. The standard InChI is InChI=1S/C23H23ClN2O4/c1-26-10-9-23-16(12-26)19(15-11-13(24)7-8-18(15)30-23)20(22(28)25-23)21(27)14-5-3-4-6-17(14)29-2/h3-8,11,16,19-20H,9-10,12H2,1-2H3,(H,25,28)/p+1. The van der Waals surface area contributed by atoms with Crippen molar-refractivity contribution in [3.05, 3.63) is 58.6 Å². The van der Waals surface area contributed by atoms with Crippen molar-refractivity contribution in [2.24, 2.45) is 11.8 Å². The number of fused-ring (bicyclic) bond motifs is 2. The predicted molar refractivity (Wildman–Crippen MR) is 111 cm³/mol. The van der Waals surface area contributed by atoms with Crippen molar-refractivity contribution >= 4 is 23.3 Å². The Bertz CT molecular complexity index is 1040. The monoisotopic (exact) mass is 427 g/mol. The molecule has 2 fully saturated rings. The Morgan fingerprint density at radius 3 is 2.90 bits per heavy atom. The second-order valence-electron chi connectivity index (χ2n) is 8.50. The number of para-hydroxylation sites is 1. The van der Waals surface area contributed by atoms with Crippen LogP contribution in [0.15, 0.2) is 42.5 Å². The van der Waals surface area contributed by atoms with Gasteiger partial charge in [0.15, 0.2) is 11.5 Å². The molecule has 6 nitrogen and oxygen atoms in total. The van der Waals surface area contributed by atoms with Gasteiger partial charge in [-0.1, -0.05) is 23.7 Å². The van der Waals surface area contributed by atoms with Crippen LogP contribution < -0.4 is 19.7 Å². The highest BCUT2D eigenvalue weighted by Crippen LogP contribution is 2.53. The molecule has 0 radical (unpaired) electrons. The number of nitrogens with one attached hydrogen (secondary N) is 2. The summed E-state index contributed by atoms with van der Waals surface area (Å²) in [5.74, 6) is -0.578. The number of hydrogen-bond donors (Lipinski definition) is 2. The molecule has 5 atom stereocenters. The number of carbonyl (C=O) groups is 2. The van der Waals surface area contributed by atoms with Gasteiger partial charge in [-0.15, -0.1) is 0 Å². The summed E-state index contributed by atoms with van der Waals surface area (Å²) in [6, 6.07) is 12.5. The number of hydrogen-bond acceptors (Lipinski definition) is 4. The Morgan fingerprint density at radius 1 is 1.30 bits per heavy atom. The van der Waals surface area contributed by atoms with Crippen molar-refractivity contribution in [2.75, 3.05) is 27.2 Å². The van der Waals surface area contributed by atoms with E-state index in [2.05, 4.69) is 12.4 Å². The number of methoxy groups -OCH3 is 1. The van der Waals surface area contributed by atoms with Crippen LogP contribution >= 0.6 is 11.6 Å². The zero-order chi connectivity index (χ0) is 21.0. The van der Waals surface area contributed by atoms with E-state index in [4.69, 9.17) is 21.1 Å². The highest BCUT2D eigenvalue weighted by atomic mass is 35.5. The van der Waals surface area contributed by atoms with Gasteiger partial charge in [-0.05, 0) is 30.3 Å². The Morgan fingerprint density at radius 2 is 2.10 bits per heavy atom. The number of benzene rings is 2. The number of piperidine rings is 2. The first-order valence-corrected chi connectivity index (χ1v) is 10.6. The van der Waals surface area contributed by atoms with Crippen LogP contribution in [0.1, 0.15) is 28.3 Å². The number of ether oxygens (including phenoxy) is 2. The SMILES string of the molecule is COc1ccccc1C(=O)C1C(=O)NC23CC[NH+](C)CC2C1c1cc(Cl)ccc1O3. The lowest BCUT2D eigenvalue weighted by molar-refractivity contribution is -0.892. The summed E-state index contributed by atoms with van der Waals surface area (Å²) in [5, 5.41) is 3.67. The number of likely N-dealkylation sites (tertiary alicyclic amines) is 1. The maximum atomic E-state index is 13.7. The van der Waals surface area contributed by atoms with Crippen LogP contribution in [0.2, 0.25) is 5.02 Å². The fourth-order valence-electron chi connectivity index (χ4n) is 5.40. The predicted octanol–water partition coefficient (Wildman–Crippen LogP) is 1.68. The molecule has 30 heavy (non-hydrogen) atoms. The van der Waals surface area contributed by atoms with Gasteiger partial charge in [-0.3, -0.25) is 9.59 Å². The topological polar surface area (TPSA) is 69.1 Å². The quantitative estimate of drug-likeness (QED) is 0.577. The molecule has 5 unspecified atom stereocenters. The van der Waals surface area contributed by atoms with Gasteiger partial charge in [0.05, 0.1) is 45.1 Å². The lowest BCUT2D eigenvalue weighted by Crippen LogP contribution is -3.13. The molecule has 2 aromatic rings. The van der Waals surface area contributed by atoms with E-state index in [1.807, 2.05) is 18.2 Å². The van der Waals surface area contributed by atoms with E-state index < -0.39 is 11.6 Å². The molecule has 3 aliphatic rings. The number of rotatable bonds is 3. The van der Waals surface area contributed by atoms with Crippen LogP contribution in [0.25, 0.3) is 0 Å². The van der Waals surface area contributed by atoms with Crippen molar-refractivity contribution < 1.29 is 24.0 Å². The molecular formula is C23H24ClN2O4+. The minimum atomic E-state index is -0.869. The summed E-state index contributed by atoms with van der Waals surface area (Å²) >= 11 is 6.32. The van der Waals surface area contributed by atoms with Crippen LogP contribution in [-0.4, -0.2) is 44.7 Å². The first kappa shape index (κ1) is 19.4. The van der Waals surface area contributed by atoms with E-state index in [0.29, 0.717) is 28.5 Å². The number of ketones is 1. The highest BCUT2D eigenvalue weighted by molar-refractivity contribution is 6.30. The normalized spacial score (nSPS) is 31.6. The summed E-state index contributed by atoms with van der Waals surface area (Å²) in [6.45, 7) is 1.68. The van der Waals surface area contributed by atoms with E-state index in [0.717, 1.165) is 18.7 Å². The van der Waals surface area contributed by atoms with Gasteiger partial charge in [0, 0.05) is 16.5 Å². The van der Waals surface area contributed by atoms with E-state index >= 15 is 0 Å². The van der Waals surface area contributed by atoms with Gasteiger partial charge in [-0.25, -0.2) is 0 Å². The van der Waals surface area contributed by atoms with Crippen molar-refractivity contribution in [3.8, 4) is 11.5 Å². The van der Waals surface area contributed by atoms with Crippen molar-refractivity contribution in [1.82, 2.24) is 5.32 Å². The number of carbonyl (C=O) groups excluding carboxylic acids is 2. The molecule has 3 aliphatic heterocycles.